The highest BCUT2D eigenvalue weighted by molar-refractivity contribution is 6.30. The van der Waals surface area contributed by atoms with Crippen LogP contribution in [-0.2, 0) is 26.1 Å². The van der Waals surface area contributed by atoms with Crippen LogP contribution in [-0.4, -0.2) is 18.5 Å². The maximum atomic E-state index is 5.94. The molecule has 0 radical (unpaired) electrons. The van der Waals surface area contributed by atoms with Crippen molar-refractivity contribution in [2.75, 3.05) is 13.6 Å². The predicted octanol–water partition coefficient (Wildman–Crippen LogP) is 3.62. The molecule has 0 spiro atoms. The van der Waals surface area contributed by atoms with Crippen LogP contribution in [0.4, 0.5) is 0 Å². The number of fused-ring (bicyclic) bond motifs is 1. The van der Waals surface area contributed by atoms with E-state index in [2.05, 4.69) is 47.6 Å². The first-order chi connectivity index (χ1) is 10.2. The van der Waals surface area contributed by atoms with Crippen LogP contribution in [0.2, 0.25) is 5.02 Å². The highest BCUT2D eigenvalue weighted by atomic mass is 35.5. The van der Waals surface area contributed by atoms with Gasteiger partial charge in [-0.25, -0.2) is 0 Å². The van der Waals surface area contributed by atoms with E-state index < -0.39 is 0 Å². The number of benzene rings is 2. The number of nitrogens with zero attached hydrogens (tertiary/aromatic N) is 1. The van der Waals surface area contributed by atoms with Crippen LogP contribution < -0.4 is 5.32 Å². The van der Waals surface area contributed by atoms with E-state index in [1.807, 2.05) is 12.1 Å². The minimum absolute atomic E-state index is 0.797. The Bertz CT molecular complexity index is 607. The summed E-state index contributed by atoms with van der Waals surface area (Å²) in [6, 6.07) is 14.8. The summed E-state index contributed by atoms with van der Waals surface area (Å²) in [6.07, 6.45) is 1.14. The Balaban J connectivity index is 1.70. The summed E-state index contributed by atoms with van der Waals surface area (Å²) in [7, 11) is 2.18. The molecular weight excluding hydrogens is 280 g/mol. The van der Waals surface area contributed by atoms with Gasteiger partial charge < -0.3 is 5.32 Å². The molecule has 1 aliphatic heterocycles. The van der Waals surface area contributed by atoms with Crippen molar-refractivity contribution in [2.24, 2.45) is 0 Å². The minimum atomic E-state index is 0.797. The number of hydrogen-bond donors (Lipinski definition) is 1. The summed E-state index contributed by atoms with van der Waals surface area (Å²) >= 11 is 5.94. The monoisotopic (exact) mass is 300 g/mol. The van der Waals surface area contributed by atoms with Gasteiger partial charge in [0.15, 0.2) is 0 Å². The predicted molar refractivity (Wildman–Crippen MR) is 88.5 cm³/mol. The van der Waals surface area contributed by atoms with Crippen molar-refractivity contribution in [3.8, 4) is 0 Å². The van der Waals surface area contributed by atoms with Crippen molar-refractivity contribution < 1.29 is 0 Å². The van der Waals surface area contributed by atoms with Gasteiger partial charge in [0.1, 0.15) is 0 Å². The lowest BCUT2D eigenvalue weighted by molar-refractivity contribution is 0.317. The summed E-state index contributed by atoms with van der Waals surface area (Å²) in [4.78, 5) is 2.36. The second-order valence-corrected chi connectivity index (χ2v) is 6.22. The van der Waals surface area contributed by atoms with Crippen molar-refractivity contribution in [2.45, 2.75) is 26.1 Å². The molecule has 0 fully saturated rings. The molecule has 2 aromatic carbocycles. The Kier molecular flexibility index (Phi) is 4.59. The third-order valence-corrected chi connectivity index (χ3v) is 4.30. The van der Waals surface area contributed by atoms with Gasteiger partial charge >= 0.3 is 0 Å². The molecule has 0 amide bonds. The summed E-state index contributed by atoms with van der Waals surface area (Å²) in [6.45, 7) is 4.03. The fourth-order valence-corrected chi connectivity index (χ4v) is 3.13. The lowest BCUT2D eigenvalue weighted by Gasteiger charge is -2.23. The molecule has 0 saturated heterocycles. The van der Waals surface area contributed by atoms with Gasteiger partial charge in [0, 0.05) is 24.7 Å². The highest BCUT2D eigenvalue weighted by Crippen LogP contribution is 2.20. The van der Waals surface area contributed by atoms with Gasteiger partial charge in [0.05, 0.1) is 0 Å². The Labute approximate surface area is 131 Å². The molecule has 3 rings (SSSR count). The fourth-order valence-electron chi connectivity index (χ4n) is 3.01. The van der Waals surface area contributed by atoms with Gasteiger partial charge in [0.25, 0.3) is 0 Å². The average Bonchev–Trinajstić information content (AvgIpc) is 2.50. The van der Waals surface area contributed by atoms with Crippen LogP contribution in [0.5, 0.6) is 0 Å². The highest BCUT2D eigenvalue weighted by Gasteiger charge is 2.13. The Morgan fingerprint density at radius 1 is 1.10 bits per heavy atom. The van der Waals surface area contributed by atoms with E-state index in [0.717, 1.165) is 37.6 Å². The molecular formula is C18H21ClN2. The topological polar surface area (TPSA) is 15.3 Å². The third-order valence-electron chi connectivity index (χ3n) is 4.04. The van der Waals surface area contributed by atoms with Crippen LogP contribution in [0.25, 0.3) is 0 Å². The van der Waals surface area contributed by atoms with Crippen molar-refractivity contribution >= 4 is 11.6 Å². The Hall–Kier alpha value is -1.35. The van der Waals surface area contributed by atoms with Crippen LogP contribution in [0, 0.1) is 0 Å². The number of rotatable bonds is 4. The normalized spacial score (nSPS) is 14.2. The van der Waals surface area contributed by atoms with E-state index in [9.17, 15) is 0 Å². The molecule has 110 valence electrons. The molecule has 0 atom stereocenters. The zero-order chi connectivity index (χ0) is 14.7. The first-order valence-electron chi connectivity index (χ1n) is 7.46. The van der Waals surface area contributed by atoms with Gasteiger partial charge in [0.2, 0.25) is 0 Å². The molecule has 1 aliphatic rings. The molecule has 3 heteroatoms. The van der Waals surface area contributed by atoms with Gasteiger partial charge in [-0.2, -0.15) is 0 Å². The lowest BCUT2D eigenvalue weighted by Crippen LogP contribution is -2.26. The van der Waals surface area contributed by atoms with E-state index in [4.69, 9.17) is 11.6 Å². The molecule has 1 N–H and O–H groups in total. The SMILES string of the molecule is CN(Cc1ccc(Cl)cc1)Cc1cccc2c1CCNC2. The summed E-state index contributed by atoms with van der Waals surface area (Å²) < 4.78 is 0. The molecule has 0 aliphatic carbocycles. The molecule has 21 heavy (non-hydrogen) atoms. The van der Waals surface area contributed by atoms with E-state index in [1.165, 1.54) is 16.7 Å². The van der Waals surface area contributed by atoms with Crippen molar-refractivity contribution in [1.29, 1.82) is 0 Å². The first-order valence-corrected chi connectivity index (χ1v) is 7.83. The fraction of sp³-hybridized carbons (Fsp3) is 0.333. The van der Waals surface area contributed by atoms with E-state index >= 15 is 0 Å². The van der Waals surface area contributed by atoms with E-state index in [-0.39, 0.29) is 0 Å². The van der Waals surface area contributed by atoms with Crippen molar-refractivity contribution in [3.63, 3.8) is 0 Å². The molecule has 2 nitrogen and oxygen atoms in total. The molecule has 2 aromatic rings. The van der Waals surface area contributed by atoms with Crippen molar-refractivity contribution in [3.05, 3.63) is 69.7 Å². The lowest BCUT2D eigenvalue weighted by atomic mass is 9.95. The molecule has 0 saturated carbocycles. The smallest absolute Gasteiger partial charge is 0.0406 e. The number of hydrogen-bond acceptors (Lipinski definition) is 2. The molecule has 1 heterocycles. The Morgan fingerprint density at radius 3 is 2.71 bits per heavy atom. The quantitative estimate of drug-likeness (QED) is 0.928. The van der Waals surface area contributed by atoms with Crippen LogP contribution in [0.15, 0.2) is 42.5 Å². The largest absolute Gasteiger partial charge is 0.312 e. The minimum Gasteiger partial charge on any atom is -0.312 e. The number of nitrogens with one attached hydrogen (secondary N) is 1. The van der Waals surface area contributed by atoms with Gasteiger partial charge in [-0.15, -0.1) is 0 Å². The van der Waals surface area contributed by atoms with E-state index in [0.29, 0.717) is 0 Å². The summed E-state index contributed by atoms with van der Waals surface area (Å²) in [5, 5.41) is 4.24. The first kappa shape index (κ1) is 14.6. The standard InChI is InChI=1S/C18H21ClN2/c1-21(12-14-5-7-17(19)8-6-14)13-16-4-2-3-15-11-20-10-9-18(15)16/h2-8,20H,9-13H2,1H3. The number of halogens is 1. The maximum Gasteiger partial charge on any atom is 0.0406 e. The van der Waals surface area contributed by atoms with Crippen LogP contribution >= 0.6 is 11.6 Å². The molecule has 0 unspecified atom stereocenters. The molecule has 0 aromatic heterocycles. The zero-order valence-electron chi connectivity index (χ0n) is 12.4. The zero-order valence-corrected chi connectivity index (χ0v) is 13.2. The average molecular weight is 301 g/mol. The molecule has 0 bridgehead atoms. The summed E-state index contributed by atoms with van der Waals surface area (Å²) in [5.41, 5.74) is 5.76. The van der Waals surface area contributed by atoms with Crippen LogP contribution in [0.1, 0.15) is 22.3 Å². The van der Waals surface area contributed by atoms with Gasteiger partial charge in [-0.3, -0.25) is 4.90 Å². The Morgan fingerprint density at radius 2 is 1.90 bits per heavy atom. The third kappa shape index (κ3) is 3.65. The van der Waals surface area contributed by atoms with Gasteiger partial charge in [-0.1, -0.05) is 41.9 Å². The van der Waals surface area contributed by atoms with E-state index in [1.54, 1.807) is 5.56 Å². The summed E-state index contributed by atoms with van der Waals surface area (Å²) in [5.74, 6) is 0. The second kappa shape index (κ2) is 6.61. The second-order valence-electron chi connectivity index (χ2n) is 5.78. The van der Waals surface area contributed by atoms with Crippen molar-refractivity contribution in [1.82, 2.24) is 10.2 Å². The van der Waals surface area contributed by atoms with Gasteiger partial charge in [-0.05, 0) is 54.4 Å². The maximum absolute atomic E-state index is 5.94. The van der Waals surface area contributed by atoms with Crippen LogP contribution in [0.3, 0.4) is 0 Å².